The number of carbonyl (C=O) groups is 1. The van der Waals surface area contributed by atoms with Gasteiger partial charge in [-0.2, -0.15) is 0 Å². The van der Waals surface area contributed by atoms with Crippen molar-refractivity contribution >= 4 is 5.97 Å². The number of para-hydroxylation sites is 1. The lowest BCUT2D eigenvalue weighted by Gasteiger charge is -2.26. The Hall–Kier alpha value is -2.36. The number of hydrogen-bond acceptors (Lipinski definition) is 3. The Morgan fingerprint density at radius 2 is 2.10 bits per heavy atom. The van der Waals surface area contributed by atoms with E-state index in [1.54, 1.807) is 12.1 Å². The summed E-state index contributed by atoms with van der Waals surface area (Å²) >= 11 is 0. The Kier molecular flexibility index (Phi) is 3.60. The fourth-order valence-electron chi connectivity index (χ4n) is 2.71. The third-order valence-electron chi connectivity index (χ3n) is 3.76. The number of methoxy groups -OCH3 is 1. The van der Waals surface area contributed by atoms with Crippen molar-refractivity contribution in [3.63, 3.8) is 0 Å². The molecule has 3 rings (SSSR count). The van der Waals surface area contributed by atoms with Gasteiger partial charge in [-0.25, -0.2) is 9.18 Å². The van der Waals surface area contributed by atoms with Crippen LogP contribution in [0.4, 0.5) is 4.39 Å². The van der Waals surface area contributed by atoms with Crippen LogP contribution in [0.2, 0.25) is 0 Å². The maximum absolute atomic E-state index is 13.7. The summed E-state index contributed by atoms with van der Waals surface area (Å²) < 4.78 is 24.0. The highest BCUT2D eigenvalue weighted by Gasteiger charge is 2.24. The Morgan fingerprint density at radius 1 is 1.29 bits per heavy atom. The van der Waals surface area contributed by atoms with Crippen LogP contribution < -0.4 is 4.74 Å². The van der Waals surface area contributed by atoms with Crippen LogP contribution in [0.15, 0.2) is 42.5 Å². The van der Waals surface area contributed by atoms with Crippen LogP contribution in [0.25, 0.3) is 0 Å². The van der Waals surface area contributed by atoms with Gasteiger partial charge in [0.1, 0.15) is 11.6 Å². The highest BCUT2D eigenvalue weighted by molar-refractivity contribution is 5.89. The molecule has 0 aromatic heterocycles. The summed E-state index contributed by atoms with van der Waals surface area (Å²) in [5.41, 5.74) is 1.93. The van der Waals surface area contributed by atoms with Gasteiger partial charge in [-0.3, -0.25) is 0 Å². The Bertz CT molecular complexity index is 681. The lowest BCUT2D eigenvalue weighted by molar-refractivity contribution is 0.0595. The highest BCUT2D eigenvalue weighted by atomic mass is 19.1. The van der Waals surface area contributed by atoms with Crippen molar-refractivity contribution in [3.05, 3.63) is 65.0 Å². The van der Waals surface area contributed by atoms with E-state index in [9.17, 15) is 9.18 Å². The van der Waals surface area contributed by atoms with Gasteiger partial charge in [0, 0.05) is 11.5 Å². The molecule has 1 aliphatic rings. The van der Waals surface area contributed by atoms with E-state index in [1.807, 2.05) is 24.3 Å². The molecule has 4 heteroatoms. The van der Waals surface area contributed by atoms with Gasteiger partial charge < -0.3 is 9.47 Å². The van der Waals surface area contributed by atoms with Crippen molar-refractivity contribution in [1.29, 1.82) is 0 Å². The third kappa shape index (κ3) is 2.49. The molecular formula is C17H15FO3. The molecule has 3 nitrogen and oxygen atoms in total. The van der Waals surface area contributed by atoms with Crippen LogP contribution in [0.3, 0.4) is 0 Å². The van der Waals surface area contributed by atoms with E-state index in [-0.39, 0.29) is 11.5 Å². The predicted octanol–water partition coefficient (Wildman–Crippen LogP) is 3.53. The summed E-state index contributed by atoms with van der Waals surface area (Å²) in [6.45, 7) is 0.604. The van der Waals surface area contributed by atoms with E-state index in [0.29, 0.717) is 6.61 Å². The molecule has 0 spiro atoms. The van der Waals surface area contributed by atoms with Crippen molar-refractivity contribution < 1.29 is 18.7 Å². The van der Waals surface area contributed by atoms with Crippen LogP contribution in [-0.2, 0) is 4.74 Å². The number of carbonyl (C=O) groups excluding carboxylic acids is 1. The van der Waals surface area contributed by atoms with Crippen molar-refractivity contribution in [2.24, 2.45) is 0 Å². The number of hydrogen-bond donors (Lipinski definition) is 0. The second kappa shape index (κ2) is 5.56. The lowest BCUT2D eigenvalue weighted by Crippen LogP contribution is -2.16. The molecule has 21 heavy (non-hydrogen) atoms. The molecule has 108 valence electrons. The average Bonchev–Trinajstić information content (AvgIpc) is 2.54. The van der Waals surface area contributed by atoms with E-state index in [0.717, 1.165) is 23.3 Å². The summed E-state index contributed by atoms with van der Waals surface area (Å²) in [7, 11) is 1.25. The monoisotopic (exact) mass is 286 g/mol. The number of halogens is 1. The van der Waals surface area contributed by atoms with Crippen LogP contribution in [0, 0.1) is 5.82 Å². The van der Waals surface area contributed by atoms with Gasteiger partial charge in [-0.15, -0.1) is 0 Å². The van der Waals surface area contributed by atoms with Gasteiger partial charge in [-0.05, 0) is 30.2 Å². The largest absolute Gasteiger partial charge is 0.493 e. The molecule has 1 aliphatic heterocycles. The molecule has 1 heterocycles. The summed E-state index contributed by atoms with van der Waals surface area (Å²) in [5.74, 6) is -0.280. The highest BCUT2D eigenvalue weighted by Crippen LogP contribution is 2.38. The molecule has 0 amide bonds. The zero-order chi connectivity index (χ0) is 14.8. The molecule has 2 aromatic rings. The summed E-state index contributed by atoms with van der Waals surface area (Å²) in [4.78, 5) is 11.6. The molecular weight excluding hydrogens is 271 g/mol. The molecule has 0 N–H and O–H groups in total. The lowest BCUT2D eigenvalue weighted by atomic mass is 9.86. The normalized spacial score (nSPS) is 16.8. The molecule has 1 atom stereocenters. The topological polar surface area (TPSA) is 35.5 Å². The molecule has 2 aromatic carbocycles. The maximum atomic E-state index is 13.7. The maximum Gasteiger partial charge on any atom is 0.340 e. The third-order valence-corrected chi connectivity index (χ3v) is 3.76. The minimum atomic E-state index is -0.658. The predicted molar refractivity (Wildman–Crippen MR) is 76.1 cm³/mol. The minimum absolute atomic E-state index is 0.0287. The summed E-state index contributed by atoms with van der Waals surface area (Å²) in [6.07, 6.45) is 0.795. The first-order chi connectivity index (χ1) is 10.2. The summed E-state index contributed by atoms with van der Waals surface area (Å²) in [5, 5.41) is 0. The summed E-state index contributed by atoms with van der Waals surface area (Å²) in [6, 6.07) is 12.4. The fraction of sp³-hybridized carbons (Fsp3) is 0.235. The zero-order valence-electron chi connectivity index (χ0n) is 11.6. The van der Waals surface area contributed by atoms with Crippen molar-refractivity contribution in [1.82, 2.24) is 0 Å². The Balaban J connectivity index is 2.04. The fourth-order valence-corrected chi connectivity index (χ4v) is 2.71. The molecule has 0 fully saturated rings. The smallest absolute Gasteiger partial charge is 0.340 e. The molecule has 0 unspecified atom stereocenters. The molecule has 0 aliphatic carbocycles. The number of benzene rings is 2. The van der Waals surface area contributed by atoms with Gasteiger partial charge in [0.15, 0.2) is 0 Å². The van der Waals surface area contributed by atoms with E-state index < -0.39 is 11.8 Å². The molecule has 0 saturated carbocycles. The Morgan fingerprint density at radius 3 is 2.90 bits per heavy atom. The number of rotatable bonds is 2. The second-order valence-electron chi connectivity index (χ2n) is 4.96. The van der Waals surface area contributed by atoms with Crippen LogP contribution in [0.1, 0.15) is 33.8 Å². The van der Waals surface area contributed by atoms with E-state index in [2.05, 4.69) is 4.74 Å². The quantitative estimate of drug-likeness (QED) is 0.792. The van der Waals surface area contributed by atoms with Gasteiger partial charge in [0.2, 0.25) is 0 Å². The van der Waals surface area contributed by atoms with Crippen LogP contribution in [0.5, 0.6) is 5.75 Å². The first-order valence-corrected chi connectivity index (χ1v) is 6.80. The molecule has 0 saturated heterocycles. The van der Waals surface area contributed by atoms with Gasteiger partial charge in [-0.1, -0.05) is 24.3 Å². The molecule has 0 radical (unpaired) electrons. The number of esters is 1. The van der Waals surface area contributed by atoms with Crippen molar-refractivity contribution in [2.45, 2.75) is 12.3 Å². The van der Waals surface area contributed by atoms with Gasteiger partial charge >= 0.3 is 5.97 Å². The zero-order valence-corrected chi connectivity index (χ0v) is 11.6. The molecule has 0 bridgehead atoms. The Labute approximate surface area is 122 Å². The van der Waals surface area contributed by atoms with E-state index >= 15 is 0 Å². The average molecular weight is 286 g/mol. The number of fused-ring (bicyclic) bond motifs is 1. The van der Waals surface area contributed by atoms with Gasteiger partial charge in [0.25, 0.3) is 0 Å². The van der Waals surface area contributed by atoms with Crippen molar-refractivity contribution in [2.75, 3.05) is 13.7 Å². The second-order valence-corrected chi connectivity index (χ2v) is 4.96. The number of ether oxygens (including phenoxy) is 2. The van der Waals surface area contributed by atoms with E-state index in [4.69, 9.17) is 4.74 Å². The minimum Gasteiger partial charge on any atom is -0.493 e. The van der Waals surface area contributed by atoms with E-state index in [1.165, 1.54) is 13.2 Å². The van der Waals surface area contributed by atoms with Crippen LogP contribution >= 0.6 is 0 Å². The van der Waals surface area contributed by atoms with Crippen molar-refractivity contribution in [3.8, 4) is 5.75 Å². The standard InChI is InChI=1S/C17H15FO3/c1-20-17(19)14-10-11(6-7-15(14)18)12-8-9-21-16-5-3-2-4-13(12)16/h2-7,10,12H,8-9H2,1H3/t12-/m1/s1. The first-order valence-electron chi connectivity index (χ1n) is 6.80. The SMILES string of the molecule is COC(=O)c1cc([C@H]2CCOc3ccccc32)ccc1F. The first kappa shape index (κ1) is 13.6. The van der Waals surface area contributed by atoms with Gasteiger partial charge in [0.05, 0.1) is 19.3 Å². The van der Waals surface area contributed by atoms with Crippen LogP contribution in [-0.4, -0.2) is 19.7 Å².